The lowest BCUT2D eigenvalue weighted by Crippen LogP contribution is -2.60. The molecule has 0 unspecified atom stereocenters. The number of hydrogen-bond donors (Lipinski definition) is 3. The van der Waals surface area contributed by atoms with Gasteiger partial charge < -0.3 is 35.2 Å². The number of pyridine rings is 1. The van der Waals surface area contributed by atoms with Crippen LogP contribution in [0.25, 0.3) is 0 Å². The van der Waals surface area contributed by atoms with Gasteiger partial charge in [-0.05, 0) is 38.8 Å². The molecule has 3 saturated heterocycles. The molecule has 0 bridgehead atoms. The maximum Gasteiger partial charge on any atom is 0.294 e. The predicted molar refractivity (Wildman–Crippen MR) is 187 cm³/mol. The van der Waals surface area contributed by atoms with Crippen LogP contribution in [0.1, 0.15) is 47.4 Å². The molecule has 3 fully saturated rings. The average Bonchev–Trinajstić information content (AvgIpc) is 3.51. The number of halogens is 3. The summed E-state index contributed by atoms with van der Waals surface area (Å²) >= 11 is 3.30. The molecule has 1 aromatic heterocycles. The van der Waals surface area contributed by atoms with Crippen LogP contribution in [0.3, 0.4) is 0 Å². The first-order valence-electron chi connectivity index (χ1n) is 16.7. The van der Waals surface area contributed by atoms with Crippen molar-refractivity contribution >= 4 is 50.7 Å². The number of morpholine rings is 1. The molecular formula is C33H43BrF2N8O7. The van der Waals surface area contributed by atoms with E-state index in [0.29, 0.717) is 29.9 Å². The Labute approximate surface area is 302 Å². The Morgan fingerprint density at radius 3 is 2.51 bits per heavy atom. The van der Waals surface area contributed by atoms with E-state index in [0.717, 1.165) is 0 Å². The van der Waals surface area contributed by atoms with Crippen molar-refractivity contribution in [2.75, 3.05) is 70.7 Å². The molecule has 2 aromatic rings. The highest BCUT2D eigenvalue weighted by atomic mass is 79.9. The van der Waals surface area contributed by atoms with Crippen LogP contribution < -0.4 is 16.0 Å². The van der Waals surface area contributed by atoms with Crippen LogP contribution in [0, 0.1) is 10.1 Å². The van der Waals surface area contributed by atoms with Gasteiger partial charge in [0.2, 0.25) is 5.91 Å². The minimum Gasteiger partial charge on any atom is -0.387 e. The molecule has 5 rings (SSSR count). The van der Waals surface area contributed by atoms with E-state index in [9.17, 15) is 24.5 Å². The van der Waals surface area contributed by atoms with Gasteiger partial charge in [0.1, 0.15) is 11.7 Å². The first-order valence-corrected chi connectivity index (χ1v) is 17.5. The number of aromatic nitrogens is 1. The lowest BCUT2D eigenvalue weighted by molar-refractivity contribution is -0.384. The highest BCUT2D eigenvalue weighted by Crippen LogP contribution is 2.36. The molecule has 3 N–H and O–H groups in total. The van der Waals surface area contributed by atoms with Gasteiger partial charge in [0.25, 0.3) is 23.4 Å². The van der Waals surface area contributed by atoms with Gasteiger partial charge in [-0.15, -0.1) is 0 Å². The van der Waals surface area contributed by atoms with Gasteiger partial charge in [0.15, 0.2) is 0 Å². The van der Waals surface area contributed by atoms with Gasteiger partial charge in [0, 0.05) is 75.9 Å². The van der Waals surface area contributed by atoms with Crippen molar-refractivity contribution in [1.82, 2.24) is 25.0 Å². The number of carbonyl (C=O) groups excluding carboxylic acids is 3. The molecule has 0 spiro atoms. The molecule has 3 aliphatic rings. The van der Waals surface area contributed by atoms with Crippen LogP contribution in [0.4, 0.5) is 25.8 Å². The van der Waals surface area contributed by atoms with Crippen molar-refractivity contribution in [1.29, 1.82) is 0 Å². The molecule has 0 radical (unpaired) electrons. The summed E-state index contributed by atoms with van der Waals surface area (Å²) in [4.78, 5) is 62.0. The summed E-state index contributed by atoms with van der Waals surface area (Å²) in [7, 11) is 3.14. The van der Waals surface area contributed by atoms with Crippen molar-refractivity contribution < 1.29 is 37.6 Å². The summed E-state index contributed by atoms with van der Waals surface area (Å²) in [5.74, 6) is -5.07. The van der Waals surface area contributed by atoms with E-state index < -0.39 is 58.9 Å². The number of anilines is 2. The number of benzene rings is 1. The number of hydrogen-bond acceptors (Lipinski definition) is 11. The second-order valence-corrected chi connectivity index (χ2v) is 14.1. The average molecular weight is 782 g/mol. The molecule has 51 heavy (non-hydrogen) atoms. The number of carbonyl (C=O) groups is 3. The molecule has 278 valence electrons. The lowest BCUT2D eigenvalue weighted by Gasteiger charge is -2.39. The number of amides is 3. The Morgan fingerprint density at radius 2 is 1.86 bits per heavy atom. The maximum absolute atomic E-state index is 15.3. The van der Waals surface area contributed by atoms with Gasteiger partial charge in [-0.2, -0.15) is 0 Å². The van der Waals surface area contributed by atoms with E-state index in [-0.39, 0.29) is 61.5 Å². The fraction of sp³-hybridized carbons (Fsp3) is 0.576. The number of likely N-dealkylation sites (tertiary alicyclic amines) is 2. The Hall–Kier alpha value is -4.00. The van der Waals surface area contributed by atoms with Crippen LogP contribution in [0.2, 0.25) is 0 Å². The van der Waals surface area contributed by atoms with Crippen LogP contribution in [-0.4, -0.2) is 139 Å². The number of alkyl halides is 2. The molecule has 0 aliphatic carbocycles. The van der Waals surface area contributed by atoms with Gasteiger partial charge in [0.05, 0.1) is 53.1 Å². The number of rotatable bonds is 11. The number of methoxy groups -OCH3 is 1. The van der Waals surface area contributed by atoms with E-state index in [2.05, 4.69) is 36.9 Å². The number of ether oxygens (including phenoxy) is 2. The molecule has 18 heteroatoms. The monoisotopic (exact) mass is 780 g/mol. The summed E-state index contributed by atoms with van der Waals surface area (Å²) < 4.78 is 41.7. The van der Waals surface area contributed by atoms with Crippen molar-refractivity contribution in [2.45, 2.75) is 62.9 Å². The topological polar surface area (TPSA) is 172 Å². The number of nitrogens with one attached hydrogen (secondary N) is 3. The minimum atomic E-state index is -3.25. The van der Waals surface area contributed by atoms with Gasteiger partial charge in [-0.3, -0.25) is 34.4 Å². The molecule has 0 saturated carbocycles. The normalized spacial score (nSPS) is 25.0. The van der Waals surface area contributed by atoms with Gasteiger partial charge >= 0.3 is 0 Å². The SMILES string of the molecule is CNc1cncc(C(=O)N2C[C@H](Nc3c(C(=O)N4C[C@@H](C)O[C@@H](C)C4)cc(Br)cc3[N+](=O)[O-])C[C@H]2C(=O)N[C@@H]2CCN(CCOC)CC2(F)F)c1. The van der Waals surface area contributed by atoms with Crippen LogP contribution >= 0.6 is 15.9 Å². The first-order chi connectivity index (χ1) is 24.2. The van der Waals surface area contributed by atoms with Crippen LogP contribution in [0.5, 0.6) is 0 Å². The molecule has 1 aromatic carbocycles. The highest BCUT2D eigenvalue weighted by Gasteiger charge is 2.48. The summed E-state index contributed by atoms with van der Waals surface area (Å²) in [6, 6.07) is 0.829. The van der Waals surface area contributed by atoms with Crippen molar-refractivity contribution in [2.24, 2.45) is 0 Å². The molecule has 15 nitrogen and oxygen atoms in total. The summed E-state index contributed by atoms with van der Waals surface area (Å²) in [6.45, 7) is 4.44. The standard InChI is InChI=1S/C33H43BrF2N8O7/c1-19-15-42(16-20(2)51-19)32(47)25-10-22(34)11-26(44(48)49)29(25)39-24-12-27(43(17-24)31(46)21-9-23(37-3)14-38-13-21)30(45)40-28-5-6-41(7-8-50-4)18-33(28,35)36/h9-11,13-14,19-20,24,27-28,37,39H,5-8,12,15-18H2,1-4H3,(H,40,45)/t19-,20+,24-,27+,28-/m1/s1. The minimum absolute atomic E-state index is 0.0196. The largest absolute Gasteiger partial charge is 0.387 e. The fourth-order valence-corrected chi connectivity index (χ4v) is 7.36. The Morgan fingerprint density at radius 1 is 1.14 bits per heavy atom. The van der Waals surface area contributed by atoms with Gasteiger partial charge in [-0.1, -0.05) is 15.9 Å². The highest BCUT2D eigenvalue weighted by molar-refractivity contribution is 9.10. The second-order valence-electron chi connectivity index (χ2n) is 13.2. The molecule has 4 heterocycles. The maximum atomic E-state index is 15.3. The van der Waals surface area contributed by atoms with E-state index in [4.69, 9.17) is 9.47 Å². The number of nitro benzene ring substituents is 1. The van der Waals surface area contributed by atoms with Crippen molar-refractivity contribution in [3.05, 3.63) is 56.3 Å². The van der Waals surface area contributed by atoms with E-state index in [1.807, 2.05) is 13.8 Å². The molecule has 3 aliphatic heterocycles. The number of piperidine rings is 1. The fourth-order valence-electron chi connectivity index (χ4n) is 6.92. The number of nitro groups is 1. The zero-order chi connectivity index (χ0) is 37.0. The third-order valence-corrected chi connectivity index (χ3v) is 9.77. The summed E-state index contributed by atoms with van der Waals surface area (Å²) in [5, 5.41) is 20.9. The zero-order valence-corrected chi connectivity index (χ0v) is 30.5. The quantitative estimate of drug-likeness (QED) is 0.226. The van der Waals surface area contributed by atoms with Crippen molar-refractivity contribution in [3.8, 4) is 0 Å². The lowest BCUT2D eigenvalue weighted by atomic mass is 9.99. The second kappa shape index (κ2) is 16.1. The predicted octanol–water partition coefficient (Wildman–Crippen LogP) is 3.21. The van der Waals surface area contributed by atoms with Crippen LogP contribution in [-0.2, 0) is 14.3 Å². The van der Waals surface area contributed by atoms with E-state index in [1.54, 1.807) is 22.9 Å². The van der Waals surface area contributed by atoms with Gasteiger partial charge in [-0.25, -0.2) is 8.78 Å². The van der Waals surface area contributed by atoms with Crippen molar-refractivity contribution in [3.63, 3.8) is 0 Å². The van der Waals surface area contributed by atoms with Crippen LogP contribution in [0.15, 0.2) is 35.1 Å². The number of nitrogens with zero attached hydrogens (tertiary/aromatic N) is 5. The molecule has 5 atom stereocenters. The van der Waals surface area contributed by atoms with E-state index in [1.165, 1.54) is 36.5 Å². The third kappa shape index (κ3) is 8.91. The Balaban J connectivity index is 1.44. The zero-order valence-electron chi connectivity index (χ0n) is 28.9. The Bertz CT molecular complexity index is 1630. The Kier molecular flexibility index (Phi) is 12.1. The molecular weight excluding hydrogens is 738 g/mol. The third-order valence-electron chi connectivity index (χ3n) is 9.31. The molecule has 3 amide bonds. The van der Waals surface area contributed by atoms with E-state index >= 15 is 8.78 Å². The first kappa shape index (κ1) is 38.2. The summed E-state index contributed by atoms with van der Waals surface area (Å²) in [5.41, 5.74) is 0.244. The smallest absolute Gasteiger partial charge is 0.294 e. The summed E-state index contributed by atoms with van der Waals surface area (Å²) in [6.07, 6.45) is 2.23.